The van der Waals surface area contributed by atoms with Crippen molar-refractivity contribution in [2.24, 2.45) is 0 Å². The fourth-order valence-electron chi connectivity index (χ4n) is 0.878. The summed E-state index contributed by atoms with van der Waals surface area (Å²) in [4.78, 5) is 13.8. The Bertz CT molecular complexity index is 187. The molecule has 4 nitrogen and oxygen atoms in total. The summed E-state index contributed by atoms with van der Waals surface area (Å²) in [6.07, 6.45) is 3.04. The molecule has 0 heterocycles. The molecule has 0 spiro atoms. The first-order valence-electron chi connectivity index (χ1n) is 4.99. The maximum Gasteiger partial charge on any atom is 0.300 e. The van der Waals surface area contributed by atoms with Crippen LogP contribution in [0.3, 0.4) is 0 Å². The van der Waals surface area contributed by atoms with Gasteiger partial charge in [0.1, 0.15) is 0 Å². The Hall–Kier alpha value is -1.08. The van der Waals surface area contributed by atoms with Gasteiger partial charge in [-0.3, -0.25) is 4.79 Å². The van der Waals surface area contributed by atoms with Crippen LogP contribution in [0.2, 0.25) is 0 Å². The first kappa shape index (κ1) is 12.9. The first-order valence-corrected chi connectivity index (χ1v) is 4.99. The molecular weight excluding hydrogens is 180 g/mol. The molecule has 4 heteroatoms. The number of ether oxygens (including phenoxy) is 1. The van der Waals surface area contributed by atoms with Crippen molar-refractivity contribution < 1.29 is 9.53 Å². The third kappa shape index (κ3) is 9.01. The maximum atomic E-state index is 10.8. The van der Waals surface area contributed by atoms with Crippen molar-refractivity contribution in [1.29, 1.82) is 0 Å². The molecule has 14 heavy (non-hydrogen) atoms. The Labute approximate surface area is 85.5 Å². The molecule has 0 fully saturated rings. The van der Waals surface area contributed by atoms with E-state index in [4.69, 9.17) is 11.3 Å². The van der Waals surface area contributed by atoms with Gasteiger partial charge in [0, 0.05) is 19.8 Å². The quantitative estimate of drug-likeness (QED) is 0.471. The van der Waals surface area contributed by atoms with Gasteiger partial charge in [-0.05, 0) is 12.8 Å². The summed E-state index contributed by atoms with van der Waals surface area (Å²) in [6.45, 7) is 10.6. The molecule has 1 N–H and O–H groups in total. The number of hydrogen-bond donors (Lipinski definition) is 1. The standard InChI is InChI=1S/C10H18N2O2/c1-3-4-7-14-8-5-6-12-10(13)9-11-2/h3-9H2,1H3,(H,12,13). The average molecular weight is 198 g/mol. The highest BCUT2D eigenvalue weighted by molar-refractivity contribution is 5.79. The van der Waals surface area contributed by atoms with Crippen LogP contribution in [-0.4, -0.2) is 32.2 Å². The molecule has 0 aliphatic carbocycles. The van der Waals surface area contributed by atoms with E-state index in [1.807, 2.05) is 0 Å². The second-order valence-corrected chi connectivity index (χ2v) is 2.99. The zero-order valence-electron chi connectivity index (χ0n) is 8.71. The predicted octanol–water partition coefficient (Wildman–Crippen LogP) is 1.23. The number of nitrogens with one attached hydrogen (secondary N) is 1. The SMILES string of the molecule is [C-]#[N+]CC(=O)NCCCOCCCC. The minimum absolute atomic E-state index is 0.0727. The van der Waals surface area contributed by atoms with E-state index >= 15 is 0 Å². The van der Waals surface area contributed by atoms with Gasteiger partial charge in [-0.25, -0.2) is 6.57 Å². The van der Waals surface area contributed by atoms with E-state index in [0.29, 0.717) is 13.2 Å². The van der Waals surface area contributed by atoms with E-state index in [1.54, 1.807) is 0 Å². The van der Waals surface area contributed by atoms with Crippen LogP contribution < -0.4 is 5.32 Å². The van der Waals surface area contributed by atoms with Crippen LogP contribution >= 0.6 is 0 Å². The van der Waals surface area contributed by atoms with Gasteiger partial charge in [-0.2, -0.15) is 0 Å². The lowest BCUT2D eigenvalue weighted by Crippen LogP contribution is -2.26. The number of hydrogen-bond acceptors (Lipinski definition) is 2. The zero-order chi connectivity index (χ0) is 10.6. The van der Waals surface area contributed by atoms with Crippen LogP contribution in [0.5, 0.6) is 0 Å². The maximum absolute atomic E-state index is 10.8. The molecule has 0 rings (SSSR count). The normalized spacial score (nSPS) is 9.43. The smallest absolute Gasteiger partial charge is 0.300 e. The lowest BCUT2D eigenvalue weighted by atomic mass is 10.3. The Morgan fingerprint density at radius 1 is 1.43 bits per heavy atom. The van der Waals surface area contributed by atoms with Crippen LogP contribution in [0, 0.1) is 6.57 Å². The number of carbonyl (C=O) groups excluding carboxylic acids is 1. The van der Waals surface area contributed by atoms with Crippen molar-refractivity contribution >= 4 is 5.91 Å². The monoisotopic (exact) mass is 198 g/mol. The van der Waals surface area contributed by atoms with Crippen molar-refractivity contribution in [3.63, 3.8) is 0 Å². The molecule has 0 saturated carbocycles. The zero-order valence-corrected chi connectivity index (χ0v) is 8.71. The molecule has 1 amide bonds. The van der Waals surface area contributed by atoms with Gasteiger partial charge >= 0.3 is 0 Å². The number of nitrogens with zero attached hydrogens (tertiary/aromatic N) is 1. The van der Waals surface area contributed by atoms with Crippen LogP contribution in [0.15, 0.2) is 0 Å². The fraction of sp³-hybridized carbons (Fsp3) is 0.800. The molecule has 0 radical (unpaired) electrons. The van der Waals surface area contributed by atoms with Crippen molar-refractivity contribution in [1.82, 2.24) is 5.32 Å². The minimum atomic E-state index is -0.200. The van der Waals surface area contributed by atoms with E-state index in [9.17, 15) is 4.79 Å². The summed E-state index contributed by atoms with van der Waals surface area (Å²) in [5.41, 5.74) is 0. The predicted molar refractivity (Wildman–Crippen MR) is 54.8 cm³/mol. The molecule has 0 aliphatic heterocycles. The molecule has 80 valence electrons. The van der Waals surface area contributed by atoms with E-state index in [1.165, 1.54) is 0 Å². The fourth-order valence-corrected chi connectivity index (χ4v) is 0.878. The van der Waals surface area contributed by atoms with E-state index in [2.05, 4.69) is 17.1 Å². The van der Waals surface area contributed by atoms with Crippen LogP contribution in [0.4, 0.5) is 0 Å². The second kappa shape index (κ2) is 10.0. The van der Waals surface area contributed by atoms with E-state index in [0.717, 1.165) is 25.9 Å². The first-order chi connectivity index (χ1) is 6.81. The summed E-state index contributed by atoms with van der Waals surface area (Å²) in [7, 11) is 0. The van der Waals surface area contributed by atoms with Gasteiger partial charge in [0.25, 0.3) is 12.5 Å². The Balaban J connectivity index is 3.06. The Morgan fingerprint density at radius 3 is 2.79 bits per heavy atom. The number of amides is 1. The Kier molecular flexibility index (Phi) is 9.23. The Morgan fingerprint density at radius 2 is 2.14 bits per heavy atom. The van der Waals surface area contributed by atoms with E-state index < -0.39 is 0 Å². The van der Waals surface area contributed by atoms with Crippen molar-refractivity contribution in [2.45, 2.75) is 26.2 Å². The van der Waals surface area contributed by atoms with Crippen LogP contribution in [-0.2, 0) is 9.53 Å². The van der Waals surface area contributed by atoms with Crippen molar-refractivity contribution in [3.8, 4) is 0 Å². The van der Waals surface area contributed by atoms with Crippen LogP contribution in [0.1, 0.15) is 26.2 Å². The minimum Gasteiger partial charge on any atom is -0.381 e. The number of carbonyl (C=O) groups is 1. The molecule has 0 aromatic heterocycles. The molecule has 0 aromatic rings. The molecule has 0 aliphatic rings. The van der Waals surface area contributed by atoms with Crippen molar-refractivity contribution in [2.75, 3.05) is 26.3 Å². The summed E-state index contributed by atoms with van der Waals surface area (Å²) >= 11 is 0. The second-order valence-electron chi connectivity index (χ2n) is 2.99. The molecule has 0 atom stereocenters. The topological polar surface area (TPSA) is 42.7 Å². The van der Waals surface area contributed by atoms with Gasteiger partial charge in [-0.1, -0.05) is 13.3 Å². The van der Waals surface area contributed by atoms with Gasteiger partial charge in [0.2, 0.25) is 0 Å². The molecular formula is C10H18N2O2. The molecule has 0 aromatic carbocycles. The highest BCUT2D eigenvalue weighted by atomic mass is 16.5. The summed E-state index contributed by atoms with van der Waals surface area (Å²) < 4.78 is 5.30. The van der Waals surface area contributed by atoms with E-state index in [-0.39, 0.29) is 12.5 Å². The molecule has 0 unspecified atom stereocenters. The summed E-state index contributed by atoms with van der Waals surface area (Å²) in [6, 6.07) is 0. The largest absolute Gasteiger partial charge is 0.381 e. The van der Waals surface area contributed by atoms with Crippen LogP contribution in [0.25, 0.3) is 4.85 Å². The highest BCUT2D eigenvalue weighted by Crippen LogP contribution is 1.88. The average Bonchev–Trinajstić information content (AvgIpc) is 2.17. The summed E-state index contributed by atoms with van der Waals surface area (Å²) in [5, 5.41) is 2.64. The van der Waals surface area contributed by atoms with Gasteiger partial charge < -0.3 is 14.9 Å². The van der Waals surface area contributed by atoms with Gasteiger partial charge in [0.15, 0.2) is 0 Å². The summed E-state index contributed by atoms with van der Waals surface area (Å²) in [5.74, 6) is -0.200. The molecule has 0 bridgehead atoms. The third-order valence-corrected chi connectivity index (χ3v) is 1.65. The number of rotatable bonds is 8. The molecule has 0 saturated heterocycles. The third-order valence-electron chi connectivity index (χ3n) is 1.65. The van der Waals surface area contributed by atoms with Gasteiger partial charge in [-0.15, -0.1) is 0 Å². The van der Waals surface area contributed by atoms with Gasteiger partial charge in [0.05, 0.1) is 0 Å². The lowest BCUT2D eigenvalue weighted by Gasteiger charge is -2.03. The number of unbranched alkanes of at least 4 members (excludes halogenated alkanes) is 1. The van der Waals surface area contributed by atoms with Crippen molar-refractivity contribution in [3.05, 3.63) is 11.4 Å². The highest BCUT2D eigenvalue weighted by Gasteiger charge is 2.00. The lowest BCUT2D eigenvalue weighted by molar-refractivity contribution is -0.119.